The summed E-state index contributed by atoms with van der Waals surface area (Å²) in [7, 11) is 0. The van der Waals surface area contributed by atoms with Crippen molar-refractivity contribution in [2.45, 2.75) is 20.3 Å². The monoisotopic (exact) mass is 390 g/mol. The van der Waals surface area contributed by atoms with Gasteiger partial charge in [-0.1, -0.05) is 42.0 Å². The predicted octanol–water partition coefficient (Wildman–Crippen LogP) is 4.12. The minimum atomic E-state index is -0.376. The van der Waals surface area contributed by atoms with Gasteiger partial charge in [-0.25, -0.2) is 10.2 Å². The third kappa shape index (κ3) is 5.65. The average molecular weight is 390 g/mol. The molecule has 2 aromatic carbocycles. The van der Waals surface area contributed by atoms with E-state index in [-0.39, 0.29) is 18.3 Å². The maximum atomic E-state index is 12.0. The molecule has 0 fully saturated rings. The highest BCUT2D eigenvalue weighted by Gasteiger charge is 2.10. The molecule has 0 saturated carbocycles. The molecule has 1 N–H and O–H groups in total. The Labute approximate surface area is 169 Å². The maximum Gasteiger partial charge on any atom is 0.338 e. The summed E-state index contributed by atoms with van der Waals surface area (Å²) in [6.07, 6.45) is 1.69. The summed E-state index contributed by atoms with van der Waals surface area (Å²) in [6.45, 7) is 4.08. The number of nitrogens with one attached hydrogen (secondary N) is 1. The summed E-state index contributed by atoms with van der Waals surface area (Å²) >= 11 is 0. The quantitative estimate of drug-likeness (QED) is 0.374. The van der Waals surface area contributed by atoms with Crippen molar-refractivity contribution >= 4 is 18.1 Å². The van der Waals surface area contributed by atoms with Gasteiger partial charge < -0.3 is 9.15 Å². The number of carbonyl (C=O) groups is 2. The fourth-order valence-electron chi connectivity index (χ4n) is 2.69. The first kappa shape index (κ1) is 20.1. The Bertz CT molecular complexity index is 1020. The molecule has 0 saturated heterocycles. The van der Waals surface area contributed by atoms with Crippen LogP contribution in [0, 0.1) is 6.92 Å². The molecule has 6 nitrogen and oxygen atoms in total. The van der Waals surface area contributed by atoms with Crippen LogP contribution >= 0.6 is 0 Å². The lowest BCUT2D eigenvalue weighted by Gasteiger charge is -2.03. The van der Waals surface area contributed by atoms with Crippen LogP contribution in [0.1, 0.15) is 34.2 Å². The minimum Gasteiger partial charge on any atom is -0.462 e. The number of furan rings is 1. The Morgan fingerprint density at radius 1 is 1.10 bits per heavy atom. The molecule has 0 atom stereocenters. The number of esters is 1. The van der Waals surface area contributed by atoms with E-state index in [1.54, 1.807) is 37.3 Å². The predicted molar refractivity (Wildman–Crippen MR) is 111 cm³/mol. The van der Waals surface area contributed by atoms with Crippen molar-refractivity contribution in [1.29, 1.82) is 0 Å². The Balaban J connectivity index is 1.60. The Hall–Kier alpha value is -3.67. The summed E-state index contributed by atoms with van der Waals surface area (Å²) in [5.41, 5.74) is 5.77. The van der Waals surface area contributed by atoms with Crippen molar-refractivity contribution in [2.75, 3.05) is 6.61 Å². The molecule has 0 aliphatic rings. The highest BCUT2D eigenvalue weighted by atomic mass is 16.5. The van der Waals surface area contributed by atoms with Crippen LogP contribution < -0.4 is 5.43 Å². The molecular formula is C23H22N2O4. The maximum absolute atomic E-state index is 12.0. The first-order valence-corrected chi connectivity index (χ1v) is 9.30. The van der Waals surface area contributed by atoms with E-state index in [2.05, 4.69) is 10.5 Å². The Kier molecular flexibility index (Phi) is 6.58. The van der Waals surface area contributed by atoms with Gasteiger partial charge in [-0.05, 0) is 43.7 Å². The topological polar surface area (TPSA) is 80.9 Å². The number of amides is 1. The van der Waals surface area contributed by atoms with Gasteiger partial charge in [-0.3, -0.25) is 4.79 Å². The van der Waals surface area contributed by atoms with Crippen molar-refractivity contribution in [3.8, 4) is 11.3 Å². The summed E-state index contributed by atoms with van der Waals surface area (Å²) in [6, 6.07) is 18.3. The molecule has 1 heterocycles. The van der Waals surface area contributed by atoms with Crippen LogP contribution in [0.15, 0.2) is 70.2 Å². The number of benzene rings is 2. The first-order valence-electron chi connectivity index (χ1n) is 9.30. The number of nitrogens with zero attached hydrogens (tertiary/aromatic N) is 1. The van der Waals surface area contributed by atoms with Gasteiger partial charge in [0.1, 0.15) is 11.5 Å². The zero-order valence-electron chi connectivity index (χ0n) is 16.3. The molecule has 3 rings (SSSR count). The highest BCUT2D eigenvalue weighted by Crippen LogP contribution is 2.23. The molecule has 1 amide bonds. The second-order valence-corrected chi connectivity index (χ2v) is 6.46. The van der Waals surface area contributed by atoms with Gasteiger partial charge in [0.15, 0.2) is 0 Å². The fourth-order valence-corrected chi connectivity index (χ4v) is 2.69. The zero-order chi connectivity index (χ0) is 20.6. The van der Waals surface area contributed by atoms with E-state index >= 15 is 0 Å². The smallest absolute Gasteiger partial charge is 0.338 e. The molecule has 0 radical (unpaired) electrons. The molecule has 0 spiro atoms. The molecule has 0 aliphatic heterocycles. The molecule has 0 bridgehead atoms. The van der Waals surface area contributed by atoms with E-state index in [1.807, 2.05) is 37.3 Å². The van der Waals surface area contributed by atoms with E-state index in [1.165, 1.54) is 6.21 Å². The lowest BCUT2D eigenvalue weighted by Crippen LogP contribution is -2.19. The summed E-state index contributed by atoms with van der Waals surface area (Å²) in [5, 5.41) is 3.94. The van der Waals surface area contributed by atoms with Crippen molar-refractivity contribution in [2.24, 2.45) is 5.10 Å². The van der Waals surface area contributed by atoms with Gasteiger partial charge in [-0.2, -0.15) is 5.10 Å². The Morgan fingerprint density at radius 3 is 2.66 bits per heavy atom. The second-order valence-electron chi connectivity index (χ2n) is 6.46. The second kappa shape index (κ2) is 9.50. The first-order chi connectivity index (χ1) is 14.0. The summed E-state index contributed by atoms with van der Waals surface area (Å²) in [4.78, 5) is 23.8. The van der Waals surface area contributed by atoms with Crippen LogP contribution in [0.4, 0.5) is 0 Å². The van der Waals surface area contributed by atoms with E-state index in [0.29, 0.717) is 23.7 Å². The lowest BCUT2D eigenvalue weighted by molar-refractivity contribution is -0.120. The van der Waals surface area contributed by atoms with Crippen LogP contribution in [0.2, 0.25) is 0 Å². The number of ether oxygens (including phenoxy) is 1. The van der Waals surface area contributed by atoms with E-state index in [0.717, 1.165) is 16.7 Å². The molecule has 148 valence electrons. The van der Waals surface area contributed by atoms with Gasteiger partial charge in [0.05, 0.1) is 24.8 Å². The molecule has 29 heavy (non-hydrogen) atoms. The number of aryl methyl sites for hydroxylation is 1. The molecule has 0 unspecified atom stereocenters. The van der Waals surface area contributed by atoms with Crippen LogP contribution in [-0.2, 0) is 16.0 Å². The van der Waals surface area contributed by atoms with Gasteiger partial charge in [0, 0.05) is 5.56 Å². The van der Waals surface area contributed by atoms with E-state index < -0.39 is 0 Å². The van der Waals surface area contributed by atoms with Crippen LogP contribution in [0.25, 0.3) is 11.3 Å². The average Bonchev–Trinajstić information content (AvgIpc) is 3.19. The normalized spacial score (nSPS) is 10.8. The molecular weight excluding hydrogens is 368 g/mol. The van der Waals surface area contributed by atoms with Crippen LogP contribution in [0.3, 0.4) is 0 Å². The molecule has 3 aromatic rings. The molecule has 0 aliphatic carbocycles. The number of carbonyl (C=O) groups excluding carboxylic acids is 2. The van der Waals surface area contributed by atoms with Crippen molar-refractivity contribution < 1.29 is 18.7 Å². The van der Waals surface area contributed by atoms with Crippen LogP contribution in [0.5, 0.6) is 0 Å². The van der Waals surface area contributed by atoms with Crippen molar-refractivity contribution in [1.82, 2.24) is 5.43 Å². The zero-order valence-corrected chi connectivity index (χ0v) is 16.3. The number of hydrazone groups is 1. The Morgan fingerprint density at radius 2 is 1.90 bits per heavy atom. The van der Waals surface area contributed by atoms with Crippen LogP contribution in [-0.4, -0.2) is 24.7 Å². The number of hydrogen-bond donors (Lipinski definition) is 1. The fraction of sp³-hybridized carbons (Fsp3) is 0.174. The largest absolute Gasteiger partial charge is 0.462 e. The van der Waals surface area contributed by atoms with Gasteiger partial charge in [-0.15, -0.1) is 0 Å². The third-order valence-corrected chi connectivity index (χ3v) is 4.15. The van der Waals surface area contributed by atoms with Gasteiger partial charge in [0.2, 0.25) is 5.91 Å². The standard InChI is InChI=1S/C23H22N2O4/c1-3-28-23(27)19-6-4-5-18(14-19)21-12-11-20(29-21)15-24-25-22(26)13-17-9-7-16(2)8-10-17/h4-12,14-15H,3,13H2,1-2H3,(H,25,26)/b24-15-. The molecule has 6 heteroatoms. The lowest BCUT2D eigenvalue weighted by atomic mass is 10.1. The SMILES string of the molecule is CCOC(=O)c1cccc(-c2ccc(/C=N\NC(=O)Cc3ccc(C)cc3)o2)c1. The minimum absolute atomic E-state index is 0.209. The van der Waals surface area contributed by atoms with Gasteiger partial charge >= 0.3 is 5.97 Å². The van der Waals surface area contributed by atoms with E-state index in [9.17, 15) is 9.59 Å². The highest BCUT2D eigenvalue weighted by molar-refractivity contribution is 5.91. The van der Waals surface area contributed by atoms with E-state index in [4.69, 9.17) is 9.15 Å². The summed E-state index contributed by atoms with van der Waals surface area (Å²) in [5.74, 6) is 0.485. The van der Waals surface area contributed by atoms with Crippen molar-refractivity contribution in [3.63, 3.8) is 0 Å². The van der Waals surface area contributed by atoms with Gasteiger partial charge in [0.25, 0.3) is 0 Å². The third-order valence-electron chi connectivity index (χ3n) is 4.15. The molecule has 1 aromatic heterocycles. The summed E-state index contributed by atoms with van der Waals surface area (Å²) < 4.78 is 10.7. The van der Waals surface area contributed by atoms with Crippen molar-refractivity contribution in [3.05, 3.63) is 83.1 Å². The number of hydrogen-bond acceptors (Lipinski definition) is 5. The number of rotatable bonds is 7.